The van der Waals surface area contributed by atoms with Gasteiger partial charge in [-0.2, -0.15) is 0 Å². The Bertz CT molecular complexity index is 547. The molecular weight excluding hydrogens is 262 g/mol. The van der Waals surface area contributed by atoms with Gasteiger partial charge in [0.15, 0.2) is 5.22 Å². The molecule has 0 fully saturated rings. The van der Waals surface area contributed by atoms with Crippen molar-refractivity contribution in [1.29, 1.82) is 0 Å². The molecule has 17 heavy (non-hydrogen) atoms. The van der Waals surface area contributed by atoms with Crippen molar-refractivity contribution < 1.29 is 13.9 Å². The van der Waals surface area contributed by atoms with E-state index in [-0.39, 0.29) is 0 Å². The number of carbonyl (C=O) groups excluding carboxylic acids is 1. The standard InChI is InChI=1S/C11H10ClNO3S/c1-2-15-11(14)10-6(13)5-8(17-10)7-3-4-9(12)16-7/h3-5H,2,13H2,1H3. The monoisotopic (exact) mass is 271 g/mol. The largest absolute Gasteiger partial charge is 0.462 e. The second-order valence-electron chi connectivity index (χ2n) is 3.22. The number of thiophene rings is 1. The summed E-state index contributed by atoms with van der Waals surface area (Å²) < 4.78 is 10.1. The number of halogens is 1. The van der Waals surface area contributed by atoms with E-state index >= 15 is 0 Å². The average molecular weight is 272 g/mol. The Labute approximate surface area is 107 Å². The molecule has 2 N–H and O–H groups in total. The predicted molar refractivity (Wildman–Crippen MR) is 67.4 cm³/mol. The van der Waals surface area contributed by atoms with Gasteiger partial charge in [0, 0.05) is 0 Å². The van der Waals surface area contributed by atoms with Gasteiger partial charge in [0.25, 0.3) is 0 Å². The van der Waals surface area contributed by atoms with Gasteiger partial charge >= 0.3 is 5.97 Å². The normalized spacial score (nSPS) is 10.5. The van der Waals surface area contributed by atoms with E-state index in [2.05, 4.69) is 0 Å². The first-order chi connectivity index (χ1) is 8.11. The molecule has 0 unspecified atom stereocenters. The van der Waals surface area contributed by atoms with Crippen LogP contribution in [0.1, 0.15) is 16.6 Å². The lowest BCUT2D eigenvalue weighted by molar-refractivity contribution is 0.0533. The molecule has 0 aromatic carbocycles. The van der Waals surface area contributed by atoms with E-state index in [1.54, 1.807) is 25.1 Å². The van der Waals surface area contributed by atoms with Crippen molar-refractivity contribution in [2.24, 2.45) is 0 Å². The molecule has 0 aliphatic rings. The lowest BCUT2D eigenvalue weighted by Crippen LogP contribution is -2.04. The number of nitrogen functional groups attached to an aromatic ring is 1. The molecule has 0 aliphatic carbocycles. The zero-order chi connectivity index (χ0) is 12.4. The minimum absolute atomic E-state index is 0.296. The van der Waals surface area contributed by atoms with Crippen molar-refractivity contribution in [3.05, 3.63) is 28.3 Å². The van der Waals surface area contributed by atoms with Crippen LogP contribution in [0.5, 0.6) is 0 Å². The highest BCUT2D eigenvalue weighted by molar-refractivity contribution is 7.17. The zero-order valence-electron chi connectivity index (χ0n) is 9.03. The first-order valence-corrected chi connectivity index (χ1v) is 6.13. The topological polar surface area (TPSA) is 65.5 Å². The summed E-state index contributed by atoms with van der Waals surface area (Å²) in [5.74, 6) is 0.168. The molecule has 0 spiro atoms. The molecule has 90 valence electrons. The SMILES string of the molecule is CCOC(=O)c1sc(-c2ccc(Cl)o2)cc1N. The molecule has 0 radical (unpaired) electrons. The lowest BCUT2D eigenvalue weighted by atomic mass is 10.3. The van der Waals surface area contributed by atoms with Gasteiger partial charge in [0.05, 0.1) is 17.2 Å². The maximum absolute atomic E-state index is 11.6. The molecule has 0 saturated heterocycles. The minimum Gasteiger partial charge on any atom is -0.462 e. The highest BCUT2D eigenvalue weighted by Crippen LogP contribution is 2.35. The van der Waals surface area contributed by atoms with Crippen LogP contribution in [0.4, 0.5) is 5.69 Å². The van der Waals surface area contributed by atoms with Gasteiger partial charge in [0.1, 0.15) is 10.6 Å². The van der Waals surface area contributed by atoms with Crippen LogP contribution >= 0.6 is 22.9 Å². The Kier molecular flexibility index (Phi) is 3.40. The number of hydrogen-bond donors (Lipinski definition) is 1. The first-order valence-electron chi connectivity index (χ1n) is 4.94. The van der Waals surface area contributed by atoms with Crippen molar-refractivity contribution in [1.82, 2.24) is 0 Å². The second-order valence-corrected chi connectivity index (χ2v) is 4.64. The molecular formula is C11H10ClNO3S. The first kappa shape index (κ1) is 12.0. The highest BCUT2D eigenvalue weighted by atomic mass is 35.5. The van der Waals surface area contributed by atoms with Crippen LogP contribution in [0.25, 0.3) is 10.6 Å². The van der Waals surface area contributed by atoms with Gasteiger partial charge in [-0.1, -0.05) is 0 Å². The number of carbonyl (C=O) groups is 1. The Morgan fingerprint density at radius 1 is 1.59 bits per heavy atom. The Hall–Kier alpha value is -1.46. The van der Waals surface area contributed by atoms with Crippen LogP contribution in [0.2, 0.25) is 5.22 Å². The highest BCUT2D eigenvalue weighted by Gasteiger charge is 2.17. The second kappa shape index (κ2) is 4.81. The van der Waals surface area contributed by atoms with Crippen LogP contribution in [0, 0.1) is 0 Å². The summed E-state index contributed by atoms with van der Waals surface area (Å²) in [4.78, 5) is 12.7. The summed E-state index contributed by atoms with van der Waals surface area (Å²) in [6.45, 7) is 2.06. The minimum atomic E-state index is -0.418. The van der Waals surface area contributed by atoms with Gasteiger partial charge in [-0.25, -0.2) is 4.79 Å². The molecule has 0 bridgehead atoms. The molecule has 4 nitrogen and oxygen atoms in total. The third kappa shape index (κ3) is 2.45. The average Bonchev–Trinajstić information content (AvgIpc) is 2.85. The van der Waals surface area contributed by atoms with Gasteiger partial charge in [-0.15, -0.1) is 11.3 Å². The molecule has 6 heteroatoms. The van der Waals surface area contributed by atoms with Gasteiger partial charge in [-0.3, -0.25) is 0 Å². The molecule has 2 aromatic rings. The van der Waals surface area contributed by atoms with Crippen LogP contribution in [0.15, 0.2) is 22.6 Å². The van der Waals surface area contributed by atoms with Crippen molar-refractivity contribution in [2.75, 3.05) is 12.3 Å². The van der Waals surface area contributed by atoms with Crippen molar-refractivity contribution in [3.8, 4) is 10.6 Å². The zero-order valence-corrected chi connectivity index (χ0v) is 10.6. The molecule has 2 rings (SSSR count). The maximum atomic E-state index is 11.6. The third-order valence-corrected chi connectivity index (χ3v) is 3.39. The van der Waals surface area contributed by atoms with E-state index in [1.807, 2.05) is 0 Å². The van der Waals surface area contributed by atoms with Crippen LogP contribution in [0.3, 0.4) is 0 Å². The summed E-state index contributed by atoms with van der Waals surface area (Å²) in [7, 11) is 0. The van der Waals surface area contributed by atoms with Gasteiger partial charge in [0.2, 0.25) is 0 Å². The molecule has 0 saturated carbocycles. The number of ether oxygens (including phenoxy) is 1. The molecule has 2 aromatic heterocycles. The number of nitrogens with two attached hydrogens (primary N) is 1. The van der Waals surface area contributed by atoms with Gasteiger partial charge in [-0.05, 0) is 36.7 Å². The van der Waals surface area contributed by atoms with Crippen molar-refractivity contribution in [2.45, 2.75) is 6.92 Å². The fourth-order valence-electron chi connectivity index (χ4n) is 1.33. The summed E-state index contributed by atoms with van der Waals surface area (Å²) in [6.07, 6.45) is 0. The fraction of sp³-hybridized carbons (Fsp3) is 0.182. The summed E-state index contributed by atoms with van der Waals surface area (Å²) in [5, 5.41) is 0.296. The fourth-order valence-corrected chi connectivity index (χ4v) is 2.41. The molecule has 0 atom stereocenters. The van der Waals surface area contributed by atoms with Gasteiger partial charge < -0.3 is 14.9 Å². The quantitative estimate of drug-likeness (QED) is 0.869. The Morgan fingerprint density at radius 3 is 2.94 bits per heavy atom. The number of rotatable bonds is 3. The summed E-state index contributed by atoms with van der Waals surface area (Å²) in [6, 6.07) is 5.03. The smallest absolute Gasteiger partial charge is 0.350 e. The van der Waals surface area contributed by atoms with Crippen molar-refractivity contribution in [3.63, 3.8) is 0 Å². The van der Waals surface area contributed by atoms with E-state index in [0.717, 1.165) is 4.88 Å². The number of furan rings is 1. The van der Waals surface area contributed by atoms with E-state index in [1.165, 1.54) is 11.3 Å². The summed E-state index contributed by atoms with van der Waals surface area (Å²) in [5.41, 5.74) is 6.14. The maximum Gasteiger partial charge on any atom is 0.350 e. The van der Waals surface area contributed by atoms with E-state index in [0.29, 0.717) is 28.2 Å². The lowest BCUT2D eigenvalue weighted by Gasteiger charge is -1.98. The van der Waals surface area contributed by atoms with E-state index in [4.69, 9.17) is 26.5 Å². The number of esters is 1. The van der Waals surface area contributed by atoms with E-state index < -0.39 is 5.97 Å². The molecule has 0 aliphatic heterocycles. The number of anilines is 1. The van der Waals surface area contributed by atoms with Crippen LogP contribution in [-0.4, -0.2) is 12.6 Å². The molecule has 2 heterocycles. The Balaban J connectivity index is 2.33. The predicted octanol–water partition coefficient (Wildman–Crippen LogP) is 3.42. The van der Waals surface area contributed by atoms with Crippen molar-refractivity contribution >= 4 is 34.6 Å². The molecule has 0 amide bonds. The van der Waals surface area contributed by atoms with Crippen LogP contribution < -0.4 is 5.73 Å². The Morgan fingerprint density at radius 2 is 2.35 bits per heavy atom. The third-order valence-electron chi connectivity index (χ3n) is 2.04. The number of hydrogen-bond acceptors (Lipinski definition) is 5. The summed E-state index contributed by atoms with van der Waals surface area (Å²) >= 11 is 6.91. The van der Waals surface area contributed by atoms with Crippen LogP contribution in [-0.2, 0) is 4.74 Å². The van der Waals surface area contributed by atoms with E-state index in [9.17, 15) is 4.79 Å².